The first-order valence-electron chi connectivity index (χ1n) is 9.02. The molecular weight excluding hydrogens is 376 g/mol. The van der Waals surface area contributed by atoms with E-state index in [1.165, 1.54) is 30.2 Å². The molecule has 8 heteroatoms. The number of likely N-dealkylation sites (tertiary alicyclic amines) is 1. The summed E-state index contributed by atoms with van der Waals surface area (Å²) in [5.74, 6) is -1.88. The number of rotatable bonds is 7. The molecule has 29 heavy (non-hydrogen) atoms. The van der Waals surface area contributed by atoms with Crippen molar-refractivity contribution >= 4 is 23.1 Å². The molecule has 0 saturated carbocycles. The average molecular weight is 396 g/mol. The number of carbonyl (C=O) groups is 2. The molecule has 2 aromatic carbocycles. The number of methoxy groups -OCH3 is 1. The minimum atomic E-state index is -0.924. The zero-order valence-corrected chi connectivity index (χ0v) is 15.8. The molecule has 2 aromatic rings. The summed E-state index contributed by atoms with van der Waals surface area (Å²) in [4.78, 5) is 37.5. The van der Waals surface area contributed by atoms with Crippen LogP contribution in [-0.2, 0) is 14.3 Å². The highest BCUT2D eigenvalue weighted by molar-refractivity contribution is 6.46. The highest BCUT2D eigenvalue weighted by Gasteiger charge is 2.46. The van der Waals surface area contributed by atoms with Gasteiger partial charge in [-0.15, -0.1) is 0 Å². The van der Waals surface area contributed by atoms with Gasteiger partial charge in [0, 0.05) is 38.0 Å². The number of hydrogen-bond acceptors (Lipinski definition) is 6. The van der Waals surface area contributed by atoms with Crippen molar-refractivity contribution in [1.82, 2.24) is 4.90 Å². The molecule has 1 amide bonds. The first-order chi connectivity index (χ1) is 14.0. The van der Waals surface area contributed by atoms with Crippen LogP contribution in [0.5, 0.6) is 0 Å². The summed E-state index contributed by atoms with van der Waals surface area (Å²) in [6, 6.07) is 13.2. The Morgan fingerprint density at radius 2 is 1.90 bits per heavy atom. The quantitative estimate of drug-likeness (QED) is 0.192. The third-order valence-electron chi connectivity index (χ3n) is 4.73. The fourth-order valence-corrected chi connectivity index (χ4v) is 3.40. The summed E-state index contributed by atoms with van der Waals surface area (Å²) in [5.41, 5.74) is 0.523. The molecule has 1 fully saturated rings. The Balaban J connectivity index is 2.15. The highest BCUT2D eigenvalue weighted by Crippen LogP contribution is 2.40. The minimum absolute atomic E-state index is 0.0842. The molecule has 0 bridgehead atoms. The van der Waals surface area contributed by atoms with Crippen molar-refractivity contribution in [3.63, 3.8) is 0 Å². The van der Waals surface area contributed by atoms with Crippen LogP contribution >= 0.6 is 0 Å². The maximum Gasteiger partial charge on any atom is 0.295 e. The van der Waals surface area contributed by atoms with Gasteiger partial charge >= 0.3 is 0 Å². The Bertz CT molecular complexity index is 970. The van der Waals surface area contributed by atoms with Gasteiger partial charge in [0.05, 0.1) is 16.5 Å². The predicted octanol–water partition coefficient (Wildman–Crippen LogP) is 3.05. The molecule has 1 atom stereocenters. The highest BCUT2D eigenvalue weighted by atomic mass is 16.6. The van der Waals surface area contributed by atoms with Crippen LogP contribution in [0.2, 0.25) is 0 Å². The minimum Gasteiger partial charge on any atom is -0.507 e. The number of nitro benzene ring substituents is 1. The van der Waals surface area contributed by atoms with Crippen LogP contribution in [0, 0.1) is 10.1 Å². The van der Waals surface area contributed by atoms with E-state index in [0.29, 0.717) is 24.2 Å². The number of non-ortho nitro benzene ring substituents is 1. The molecule has 0 unspecified atom stereocenters. The number of Topliss-reactive ketones (excluding diaryl/α,β-unsaturated/α-hetero) is 1. The van der Waals surface area contributed by atoms with Gasteiger partial charge < -0.3 is 14.7 Å². The molecule has 3 rings (SSSR count). The normalized spacial score (nSPS) is 18.2. The van der Waals surface area contributed by atoms with E-state index in [1.54, 1.807) is 36.4 Å². The summed E-state index contributed by atoms with van der Waals surface area (Å²) >= 11 is 0. The van der Waals surface area contributed by atoms with Crippen molar-refractivity contribution in [3.8, 4) is 0 Å². The fraction of sp³-hybridized carbons (Fsp3) is 0.238. The second-order valence-corrected chi connectivity index (χ2v) is 6.56. The number of nitro groups is 1. The van der Waals surface area contributed by atoms with Crippen LogP contribution in [0.15, 0.2) is 60.2 Å². The second kappa shape index (κ2) is 8.66. The van der Waals surface area contributed by atoms with Gasteiger partial charge in [-0.3, -0.25) is 19.7 Å². The van der Waals surface area contributed by atoms with E-state index in [4.69, 9.17) is 4.74 Å². The molecular formula is C21H20N2O6. The number of benzene rings is 2. The number of carbonyl (C=O) groups excluding carboxylic acids is 2. The zero-order chi connectivity index (χ0) is 21.0. The molecule has 0 aromatic heterocycles. The van der Waals surface area contributed by atoms with E-state index in [0.717, 1.165) is 0 Å². The van der Waals surface area contributed by atoms with E-state index in [1.807, 2.05) is 0 Å². The summed E-state index contributed by atoms with van der Waals surface area (Å²) in [6.45, 7) is 0.584. The lowest BCUT2D eigenvalue weighted by Crippen LogP contribution is -2.31. The van der Waals surface area contributed by atoms with E-state index in [9.17, 15) is 24.8 Å². The van der Waals surface area contributed by atoms with Gasteiger partial charge in [0.1, 0.15) is 5.76 Å². The Morgan fingerprint density at radius 1 is 1.17 bits per heavy atom. The predicted molar refractivity (Wildman–Crippen MR) is 105 cm³/mol. The van der Waals surface area contributed by atoms with Gasteiger partial charge in [-0.25, -0.2) is 0 Å². The van der Waals surface area contributed by atoms with Crippen molar-refractivity contribution < 1.29 is 24.4 Å². The van der Waals surface area contributed by atoms with E-state index < -0.39 is 22.7 Å². The number of aliphatic hydroxyl groups is 1. The smallest absolute Gasteiger partial charge is 0.295 e. The largest absolute Gasteiger partial charge is 0.507 e. The van der Waals surface area contributed by atoms with Crippen molar-refractivity contribution in [1.29, 1.82) is 0 Å². The zero-order valence-electron chi connectivity index (χ0n) is 15.8. The molecule has 1 aliphatic heterocycles. The molecule has 1 aliphatic rings. The van der Waals surface area contributed by atoms with E-state index in [-0.39, 0.29) is 23.6 Å². The van der Waals surface area contributed by atoms with Gasteiger partial charge in [0.15, 0.2) is 0 Å². The molecule has 8 nitrogen and oxygen atoms in total. The van der Waals surface area contributed by atoms with Gasteiger partial charge in [0.2, 0.25) is 0 Å². The Labute approximate surface area is 167 Å². The van der Waals surface area contributed by atoms with Crippen LogP contribution in [0.4, 0.5) is 5.69 Å². The number of nitrogens with zero attached hydrogens (tertiary/aromatic N) is 2. The van der Waals surface area contributed by atoms with Crippen molar-refractivity contribution in [2.24, 2.45) is 0 Å². The summed E-state index contributed by atoms with van der Waals surface area (Å²) in [5, 5.41) is 22.0. The molecule has 1 N–H and O–H groups in total. The van der Waals surface area contributed by atoms with Crippen LogP contribution < -0.4 is 0 Å². The lowest BCUT2D eigenvalue weighted by atomic mass is 9.95. The SMILES string of the molecule is COCCCN1C(=O)C(=O)C(=C(O)c2ccccc2)[C@H]1c1cccc([N+](=O)[O-])c1. The van der Waals surface area contributed by atoms with E-state index in [2.05, 4.69) is 0 Å². The van der Waals surface area contributed by atoms with Crippen LogP contribution in [0.3, 0.4) is 0 Å². The molecule has 150 valence electrons. The van der Waals surface area contributed by atoms with Crippen LogP contribution in [0.25, 0.3) is 5.76 Å². The Hall–Kier alpha value is -3.52. The standard InChI is InChI=1S/C21H20N2O6/c1-29-12-6-11-22-18(15-9-5-10-16(13-15)23(27)28)17(20(25)21(22)26)19(24)14-7-3-2-4-8-14/h2-5,7-10,13,18,24H,6,11-12H2,1H3/t18-/m1/s1. The summed E-state index contributed by atoms with van der Waals surface area (Å²) in [7, 11) is 1.53. The first kappa shape index (κ1) is 20.2. The van der Waals surface area contributed by atoms with Crippen molar-refractivity contribution in [3.05, 3.63) is 81.4 Å². The maximum absolute atomic E-state index is 12.8. The van der Waals surface area contributed by atoms with Gasteiger partial charge in [0.25, 0.3) is 17.4 Å². The summed E-state index contributed by atoms with van der Waals surface area (Å²) in [6.07, 6.45) is 0.473. The van der Waals surface area contributed by atoms with Gasteiger partial charge in [-0.05, 0) is 12.0 Å². The van der Waals surface area contributed by atoms with Crippen molar-refractivity contribution in [2.45, 2.75) is 12.5 Å². The number of amides is 1. The number of ketones is 1. The van der Waals surface area contributed by atoms with Crippen LogP contribution in [0.1, 0.15) is 23.6 Å². The van der Waals surface area contributed by atoms with Crippen LogP contribution in [-0.4, -0.2) is 46.9 Å². The third kappa shape index (κ3) is 4.02. The Morgan fingerprint density at radius 3 is 2.55 bits per heavy atom. The lowest BCUT2D eigenvalue weighted by molar-refractivity contribution is -0.384. The second-order valence-electron chi connectivity index (χ2n) is 6.56. The average Bonchev–Trinajstić information content (AvgIpc) is 2.99. The van der Waals surface area contributed by atoms with Gasteiger partial charge in [-0.1, -0.05) is 42.5 Å². The third-order valence-corrected chi connectivity index (χ3v) is 4.73. The lowest BCUT2D eigenvalue weighted by Gasteiger charge is -2.25. The monoisotopic (exact) mass is 396 g/mol. The molecule has 0 spiro atoms. The molecule has 1 heterocycles. The molecule has 0 aliphatic carbocycles. The van der Waals surface area contributed by atoms with Gasteiger partial charge in [-0.2, -0.15) is 0 Å². The fourth-order valence-electron chi connectivity index (χ4n) is 3.40. The Kier molecular flexibility index (Phi) is 6.04. The topological polar surface area (TPSA) is 110 Å². The maximum atomic E-state index is 12.8. The first-order valence-corrected chi connectivity index (χ1v) is 9.02. The summed E-state index contributed by atoms with van der Waals surface area (Å²) < 4.78 is 5.03. The molecule has 1 saturated heterocycles. The number of ether oxygens (including phenoxy) is 1. The number of aliphatic hydroxyl groups excluding tert-OH is 1. The molecule has 0 radical (unpaired) electrons. The number of hydrogen-bond donors (Lipinski definition) is 1. The van der Waals surface area contributed by atoms with Crippen molar-refractivity contribution in [2.75, 3.05) is 20.3 Å². The van der Waals surface area contributed by atoms with E-state index >= 15 is 0 Å².